The second-order valence-corrected chi connectivity index (χ2v) is 12.6. The van der Waals surface area contributed by atoms with Crippen molar-refractivity contribution in [1.29, 1.82) is 0 Å². The Balaban J connectivity index is 1.78. The van der Waals surface area contributed by atoms with Crippen molar-refractivity contribution in [3.8, 4) is 5.75 Å². The standard InChI is InChI=1S/C31H41BrN2O7/c1-6-8-9-15-40-30(38)24-25-28(36)34(21(18-35)16-19(3)4)27(31(25)17-23(32)26(24)41-31)29(37)33(14-7-2)20-10-12-22(39-5)13-11-20/h6-7,10-13,19,21,23-27,35H,1-2,8-9,14-18H2,3-5H3/t21-,23?,24+,25+,26+,27?,31?/m1/s1. The molecule has 1 aromatic rings. The number of unbranched alkanes of at least 4 members (excludes halogenated alkanes) is 1. The molecule has 1 spiro atoms. The quantitative estimate of drug-likeness (QED) is 0.144. The van der Waals surface area contributed by atoms with Crippen molar-refractivity contribution in [1.82, 2.24) is 4.90 Å². The monoisotopic (exact) mass is 632 g/mol. The van der Waals surface area contributed by atoms with E-state index in [9.17, 15) is 19.5 Å². The molecule has 3 aliphatic heterocycles. The first-order valence-electron chi connectivity index (χ1n) is 14.2. The summed E-state index contributed by atoms with van der Waals surface area (Å²) in [4.78, 5) is 45.3. The number of alkyl halides is 1. The minimum Gasteiger partial charge on any atom is -0.497 e. The van der Waals surface area contributed by atoms with Crippen molar-refractivity contribution < 1.29 is 33.7 Å². The number of hydrogen-bond acceptors (Lipinski definition) is 7. The summed E-state index contributed by atoms with van der Waals surface area (Å²) in [6.45, 7) is 11.6. The largest absolute Gasteiger partial charge is 0.497 e. The fraction of sp³-hybridized carbons (Fsp3) is 0.581. The van der Waals surface area contributed by atoms with Gasteiger partial charge < -0.3 is 29.1 Å². The number of amides is 2. The van der Waals surface area contributed by atoms with E-state index in [0.717, 1.165) is 0 Å². The minimum atomic E-state index is -1.26. The Kier molecular flexibility index (Phi) is 9.97. The maximum absolute atomic E-state index is 14.7. The van der Waals surface area contributed by atoms with Gasteiger partial charge in [0, 0.05) is 17.1 Å². The number of halogens is 1. The van der Waals surface area contributed by atoms with Crippen LogP contribution < -0.4 is 9.64 Å². The molecular formula is C31H41BrN2O7. The summed E-state index contributed by atoms with van der Waals surface area (Å²) in [5.74, 6) is -2.19. The zero-order valence-electron chi connectivity index (χ0n) is 24.0. The predicted molar refractivity (Wildman–Crippen MR) is 159 cm³/mol. The highest BCUT2D eigenvalue weighted by Gasteiger charge is 2.77. The van der Waals surface area contributed by atoms with E-state index in [4.69, 9.17) is 14.2 Å². The van der Waals surface area contributed by atoms with Crippen LogP contribution in [0.1, 0.15) is 39.5 Å². The highest BCUT2D eigenvalue weighted by molar-refractivity contribution is 9.09. The van der Waals surface area contributed by atoms with E-state index in [1.54, 1.807) is 48.4 Å². The lowest BCUT2D eigenvalue weighted by Crippen LogP contribution is -2.59. The van der Waals surface area contributed by atoms with Gasteiger partial charge in [-0.2, -0.15) is 0 Å². The summed E-state index contributed by atoms with van der Waals surface area (Å²) >= 11 is 3.69. The number of hydrogen-bond donors (Lipinski definition) is 1. The number of rotatable bonds is 14. The maximum atomic E-state index is 14.7. The number of carbonyl (C=O) groups is 3. The summed E-state index contributed by atoms with van der Waals surface area (Å²) in [5.41, 5.74) is -0.651. The number of likely N-dealkylation sites (tertiary alicyclic amines) is 1. The van der Waals surface area contributed by atoms with Crippen molar-refractivity contribution in [3.05, 3.63) is 49.6 Å². The van der Waals surface area contributed by atoms with Crippen LogP contribution in [0.4, 0.5) is 5.69 Å². The number of allylic oxidation sites excluding steroid dienone is 1. The molecular weight excluding hydrogens is 592 g/mol. The van der Waals surface area contributed by atoms with Gasteiger partial charge in [-0.15, -0.1) is 13.2 Å². The molecule has 1 N–H and O–H groups in total. The molecule has 3 aliphatic rings. The molecule has 3 fully saturated rings. The third-order valence-corrected chi connectivity index (χ3v) is 9.18. The van der Waals surface area contributed by atoms with Gasteiger partial charge in [-0.1, -0.05) is 41.9 Å². The first-order chi connectivity index (χ1) is 19.6. The van der Waals surface area contributed by atoms with Crippen LogP contribution >= 0.6 is 15.9 Å². The molecule has 7 atom stereocenters. The summed E-state index contributed by atoms with van der Waals surface area (Å²) < 4.78 is 17.5. The maximum Gasteiger partial charge on any atom is 0.312 e. The third kappa shape index (κ3) is 5.70. The minimum absolute atomic E-state index is 0.145. The first-order valence-corrected chi connectivity index (χ1v) is 15.1. The third-order valence-electron chi connectivity index (χ3n) is 8.34. The topological polar surface area (TPSA) is 106 Å². The fourth-order valence-corrected chi connectivity index (χ4v) is 7.63. The van der Waals surface area contributed by atoms with Crippen molar-refractivity contribution in [2.24, 2.45) is 17.8 Å². The normalized spacial score (nSPS) is 28.9. The molecule has 2 amide bonds. The van der Waals surface area contributed by atoms with Crippen LogP contribution in [0.2, 0.25) is 0 Å². The number of carbonyl (C=O) groups excluding carboxylic acids is 3. The lowest BCUT2D eigenvalue weighted by atomic mass is 9.70. The molecule has 0 aliphatic carbocycles. The molecule has 1 aromatic carbocycles. The Labute approximate surface area is 250 Å². The lowest BCUT2D eigenvalue weighted by molar-refractivity contribution is -0.155. The Morgan fingerprint density at radius 3 is 2.56 bits per heavy atom. The van der Waals surface area contributed by atoms with Crippen LogP contribution in [0.3, 0.4) is 0 Å². The summed E-state index contributed by atoms with van der Waals surface area (Å²) in [6, 6.07) is 5.39. The summed E-state index contributed by atoms with van der Waals surface area (Å²) in [5, 5.41) is 10.5. The number of aliphatic hydroxyl groups excluding tert-OH is 1. The molecule has 9 nitrogen and oxygen atoms in total. The Morgan fingerprint density at radius 2 is 1.98 bits per heavy atom. The van der Waals surface area contributed by atoms with E-state index < -0.39 is 41.6 Å². The molecule has 0 saturated carbocycles. The number of esters is 1. The van der Waals surface area contributed by atoms with Gasteiger partial charge in [0.2, 0.25) is 5.91 Å². The Bertz CT molecular complexity index is 1140. The van der Waals surface area contributed by atoms with Crippen LogP contribution in [-0.4, -0.2) is 83.3 Å². The van der Waals surface area contributed by atoms with Crippen molar-refractivity contribution in [3.63, 3.8) is 0 Å². The molecule has 3 heterocycles. The van der Waals surface area contributed by atoms with Crippen molar-refractivity contribution >= 4 is 39.4 Å². The molecule has 2 bridgehead atoms. The molecule has 4 rings (SSSR count). The van der Waals surface area contributed by atoms with E-state index in [-0.39, 0.29) is 42.3 Å². The van der Waals surface area contributed by atoms with Gasteiger partial charge in [0.1, 0.15) is 17.4 Å². The SMILES string of the molecule is C=CCCCOC(=O)[C@H]1[C@H]2C(=O)N([C@@H](CO)CC(C)C)C(C(=O)N(CC=C)c3ccc(OC)cc3)C23CC(Br)[C@@H]1O3. The summed E-state index contributed by atoms with van der Waals surface area (Å²) in [6.07, 6.45) is 4.95. The Hall–Kier alpha value is -2.69. The van der Waals surface area contributed by atoms with E-state index >= 15 is 0 Å². The highest BCUT2D eigenvalue weighted by Crippen LogP contribution is 2.61. The molecule has 41 heavy (non-hydrogen) atoms. The number of benzene rings is 1. The average molecular weight is 634 g/mol. The predicted octanol–water partition coefficient (Wildman–Crippen LogP) is 3.88. The highest BCUT2D eigenvalue weighted by atomic mass is 79.9. The van der Waals surface area contributed by atoms with Gasteiger partial charge in [0.05, 0.1) is 44.3 Å². The van der Waals surface area contributed by atoms with Gasteiger partial charge in [0.25, 0.3) is 5.91 Å². The van der Waals surface area contributed by atoms with Crippen LogP contribution in [0.5, 0.6) is 5.75 Å². The molecule has 0 aromatic heterocycles. The van der Waals surface area contributed by atoms with Gasteiger partial charge in [-0.3, -0.25) is 14.4 Å². The second kappa shape index (κ2) is 13.1. The smallest absolute Gasteiger partial charge is 0.312 e. The lowest BCUT2D eigenvalue weighted by Gasteiger charge is -2.39. The van der Waals surface area contributed by atoms with Crippen molar-refractivity contribution in [2.45, 2.75) is 68.1 Å². The van der Waals surface area contributed by atoms with Gasteiger partial charge in [-0.05, 0) is 55.9 Å². The second-order valence-electron chi connectivity index (χ2n) is 11.4. The van der Waals surface area contributed by atoms with Crippen LogP contribution in [0, 0.1) is 17.8 Å². The number of aliphatic hydroxyl groups is 1. The molecule has 0 radical (unpaired) electrons. The van der Waals surface area contributed by atoms with E-state index in [0.29, 0.717) is 37.1 Å². The summed E-state index contributed by atoms with van der Waals surface area (Å²) in [7, 11) is 1.57. The molecule has 10 heteroatoms. The number of nitrogens with zero attached hydrogens (tertiary/aromatic N) is 2. The number of fused-ring (bicyclic) bond motifs is 1. The van der Waals surface area contributed by atoms with Crippen LogP contribution in [-0.2, 0) is 23.9 Å². The fourth-order valence-electron chi connectivity index (χ4n) is 6.69. The Morgan fingerprint density at radius 1 is 1.27 bits per heavy atom. The number of methoxy groups -OCH3 is 1. The zero-order valence-corrected chi connectivity index (χ0v) is 25.6. The van der Waals surface area contributed by atoms with Gasteiger partial charge in [0.15, 0.2) is 0 Å². The van der Waals surface area contributed by atoms with Crippen LogP contribution in [0.15, 0.2) is 49.6 Å². The van der Waals surface area contributed by atoms with Crippen molar-refractivity contribution in [2.75, 3.05) is 31.8 Å². The first kappa shape index (κ1) is 31.3. The number of ether oxygens (including phenoxy) is 3. The van der Waals surface area contributed by atoms with E-state index in [2.05, 4.69) is 29.1 Å². The van der Waals surface area contributed by atoms with E-state index in [1.165, 1.54) is 4.90 Å². The van der Waals surface area contributed by atoms with Gasteiger partial charge >= 0.3 is 5.97 Å². The molecule has 224 valence electrons. The van der Waals surface area contributed by atoms with E-state index in [1.807, 2.05) is 13.8 Å². The van der Waals surface area contributed by atoms with Crippen LogP contribution in [0.25, 0.3) is 0 Å². The van der Waals surface area contributed by atoms with Gasteiger partial charge in [-0.25, -0.2) is 0 Å². The molecule has 3 unspecified atom stereocenters. The average Bonchev–Trinajstić information content (AvgIpc) is 3.55. The molecule has 3 saturated heterocycles. The number of anilines is 1. The zero-order chi connectivity index (χ0) is 29.9.